The maximum Gasteiger partial charge on any atom is 0.1000 e. The summed E-state index contributed by atoms with van der Waals surface area (Å²) < 4.78 is 5.12. The summed E-state index contributed by atoms with van der Waals surface area (Å²) in [4.78, 5) is 0. The number of hydrogen-bond acceptors (Lipinski definition) is 1. The van der Waals surface area contributed by atoms with Crippen molar-refractivity contribution in [3.05, 3.63) is 36.0 Å². The molecule has 0 heterocycles. The van der Waals surface area contributed by atoms with Crippen LogP contribution in [0.2, 0.25) is 0 Å². The largest absolute Gasteiger partial charge is 0.373 e. The highest BCUT2D eigenvalue weighted by Crippen LogP contribution is 2.17. The molecular weight excluding hydrogens is 160 g/mol. The van der Waals surface area contributed by atoms with Crippen molar-refractivity contribution in [2.75, 3.05) is 13.0 Å². The standard InChI is InChI=1S/C9H11ClO/c1-7-5-8(6-10)3-4-9(7)11-2/h3-5,9H,1,6H2,2H3. The number of hydrogen-bond donors (Lipinski definition) is 0. The van der Waals surface area contributed by atoms with Gasteiger partial charge >= 0.3 is 0 Å². The number of ether oxygens (including phenoxy) is 1. The van der Waals surface area contributed by atoms with Crippen LogP contribution in [0, 0.1) is 0 Å². The highest BCUT2D eigenvalue weighted by atomic mass is 35.5. The summed E-state index contributed by atoms with van der Waals surface area (Å²) in [7, 11) is 1.67. The lowest BCUT2D eigenvalue weighted by molar-refractivity contribution is 0.171. The predicted octanol–water partition coefficient (Wildman–Crippen LogP) is 2.29. The van der Waals surface area contributed by atoms with Gasteiger partial charge in [0, 0.05) is 13.0 Å². The second-order valence-corrected chi connectivity index (χ2v) is 2.71. The smallest absolute Gasteiger partial charge is 0.1000 e. The van der Waals surface area contributed by atoms with E-state index in [0.717, 1.165) is 11.1 Å². The van der Waals surface area contributed by atoms with Gasteiger partial charge < -0.3 is 4.74 Å². The maximum absolute atomic E-state index is 5.64. The van der Waals surface area contributed by atoms with E-state index in [1.165, 1.54) is 0 Å². The Bertz CT molecular complexity index is 216. The van der Waals surface area contributed by atoms with Crippen molar-refractivity contribution in [3.63, 3.8) is 0 Å². The van der Waals surface area contributed by atoms with Crippen LogP contribution in [0.4, 0.5) is 0 Å². The molecule has 1 nitrogen and oxygen atoms in total. The van der Waals surface area contributed by atoms with Crippen LogP contribution < -0.4 is 0 Å². The Kier molecular flexibility index (Phi) is 2.92. The number of allylic oxidation sites excluding steroid dienone is 2. The normalized spacial score (nSPS) is 23.6. The first kappa shape index (κ1) is 8.57. The van der Waals surface area contributed by atoms with Crippen LogP contribution in [0.5, 0.6) is 0 Å². The van der Waals surface area contributed by atoms with E-state index in [-0.39, 0.29) is 6.10 Å². The molecule has 1 aliphatic carbocycles. The van der Waals surface area contributed by atoms with Crippen LogP contribution >= 0.6 is 11.6 Å². The molecule has 0 bridgehead atoms. The molecular formula is C9H11ClO. The molecule has 0 saturated heterocycles. The van der Waals surface area contributed by atoms with Crippen molar-refractivity contribution in [3.8, 4) is 0 Å². The van der Waals surface area contributed by atoms with Crippen LogP contribution in [0.3, 0.4) is 0 Å². The fourth-order valence-electron chi connectivity index (χ4n) is 1.02. The Labute approximate surface area is 72.0 Å². The molecule has 60 valence electrons. The molecule has 0 spiro atoms. The minimum absolute atomic E-state index is 0.0296. The lowest BCUT2D eigenvalue weighted by atomic mass is 10.0. The number of rotatable bonds is 2. The van der Waals surface area contributed by atoms with Gasteiger partial charge in [-0.25, -0.2) is 0 Å². The summed E-state index contributed by atoms with van der Waals surface area (Å²) in [5, 5.41) is 0. The van der Waals surface area contributed by atoms with Crippen LogP contribution in [0.25, 0.3) is 0 Å². The second-order valence-electron chi connectivity index (χ2n) is 2.44. The summed E-state index contributed by atoms with van der Waals surface area (Å²) in [6, 6.07) is 0. The van der Waals surface area contributed by atoms with Gasteiger partial charge in [-0.1, -0.05) is 24.8 Å². The van der Waals surface area contributed by atoms with E-state index in [4.69, 9.17) is 16.3 Å². The molecule has 1 aliphatic rings. The van der Waals surface area contributed by atoms with E-state index in [1.54, 1.807) is 7.11 Å². The minimum atomic E-state index is 0.0296. The van der Waals surface area contributed by atoms with Crippen LogP contribution in [0.15, 0.2) is 36.0 Å². The molecule has 0 fully saturated rings. The summed E-state index contributed by atoms with van der Waals surface area (Å²) in [5.74, 6) is 0.534. The van der Waals surface area contributed by atoms with Crippen LogP contribution in [0.1, 0.15) is 0 Å². The molecule has 0 aromatic heterocycles. The van der Waals surface area contributed by atoms with Crippen LogP contribution in [-0.4, -0.2) is 19.1 Å². The van der Waals surface area contributed by atoms with Crippen LogP contribution in [-0.2, 0) is 4.74 Å². The fraction of sp³-hybridized carbons (Fsp3) is 0.333. The van der Waals surface area contributed by atoms with E-state index in [9.17, 15) is 0 Å². The quantitative estimate of drug-likeness (QED) is 0.578. The molecule has 0 amide bonds. The zero-order valence-corrected chi connectivity index (χ0v) is 7.27. The topological polar surface area (TPSA) is 9.23 Å². The molecule has 0 N–H and O–H groups in total. The first-order chi connectivity index (χ1) is 5.27. The first-order valence-electron chi connectivity index (χ1n) is 3.44. The fourth-order valence-corrected chi connectivity index (χ4v) is 1.18. The minimum Gasteiger partial charge on any atom is -0.373 e. The maximum atomic E-state index is 5.64. The van der Waals surface area contributed by atoms with Gasteiger partial charge in [0.15, 0.2) is 0 Å². The van der Waals surface area contributed by atoms with Crippen molar-refractivity contribution >= 4 is 11.6 Å². The number of methoxy groups -OCH3 is 1. The van der Waals surface area contributed by atoms with E-state index >= 15 is 0 Å². The summed E-state index contributed by atoms with van der Waals surface area (Å²) in [5.41, 5.74) is 2.05. The van der Waals surface area contributed by atoms with Crippen molar-refractivity contribution < 1.29 is 4.74 Å². The van der Waals surface area contributed by atoms with Gasteiger partial charge in [-0.05, 0) is 11.1 Å². The molecule has 0 radical (unpaired) electrons. The third-order valence-corrected chi connectivity index (χ3v) is 1.94. The molecule has 0 saturated carbocycles. The second kappa shape index (κ2) is 3.74. The van der Waals surface area contributed by atoms with Gasteiger partial charge in [0.2, 0.25) is 0 Å². The van der Waals surface area contributed by atoms with E-state index in [0.29, 0.717) is 5.88 Å². The average molecular weight is 171 g/mol. The van der Waals surface area contributed by atoms with Gasteiger partial charge in [-0.15, -0.1) is 11.6 Å². The number of halogens is 1. The van der Waals surface area contributed by atoms with Gasteiger partial charge in [0.25, 0.3) is 0 Å². The van der Waals surface area contributed by atoms with Gasteiger partial charge in [-0.3, -0.25) is 0 Å². The summed E-state index contributed by atoms with van der Waals surface area (Å²) >= 11 is 5.64. The predicted molar refractivity (Wildman–Crippen MR) is 47.9 cm³/mol. The van der Waals surface area contributed by atoms with E-state index in [2.05, 4.69) is 6.58 Å². The highest BCUT2D eigenvalue weighted by Gasteiger charge is 2.09. The highest BCUT2D eigenvalue weighted by molar-refractivity contribution is 6.19. The third-order valence-electron chi connectivity index (χ3n) is 1.63. The Hall–Kier alpha value is -0.530. The molecule has 1 rings (SSSR count). The molecule has 0 aromatic carbocycles. The van der Waals surface area contributed by atoms with Crippen molar-refractivity contribution in [2.24, 2.45) is 0 Å². The first-order valence-corrected chi connectivity index (χ1v) is 3.97. The van der Waals surface area contributed by atoms with Gasteiger partial charge in [-0.2, -0.15) is 0 Å². The van der Waals surface area contributed by atoms with Gasteiger partial charge in [0.1, 0.15) is 0 Å². The van der Waals surface area contributed by atoms with Gasteiger partial charge in [0.05, 0.1) is 6.10 Å². The Morgan fingerprint density at radius 2 is 2.45 bits per heavy atom. The summed E-state index contributed by atoms with van der Waals surface area (Å²) in [6.45, 7) is 3.85. The lowest BCUT2D eigenvalue weighted by Gasteiger charge is -2.15. The average Bonchev–Trinajstić information content (AvgIpc) is 2.04. The molecule has 2 heteroatoms. The van der Waals surface area contributed by atoms with E-state index in [1.807, 2.05) is 18.2 Å². The third kappa shape index (κ3) is 1.95. The van der Waals surface area contributed by atoms with Crippen molar-refractivity contribution in [1.82, 2.24) is 0 Å². The zero-order valence-electron chi connectivity index (χ0n) is 6.51. The molecule has 1 atom stereocenters. The monoisotopic (exact) mass is 170 g/mol. The Morgan fingerprint density at radius 1 is 1.73 bits per heavy atom. The summed E-state index contributed by atoms with van der Waals surface area (Å²) in [6.07, 6.45) is 5.92. The number of alkyl halides is 1. The molecule has 11 heavy (non-hydrogen) atoms. The lowest BCUT2D eigenvalue weighted by Crippen LogP contribution is -2.11. The molecule has 1 unspecified atom stereocenters. The Morgan fingerprint density at radius 3 is 2.91 bits per heavy atom. The van der Waals surface area contributed by atoms with Crippen molar-refractivity contribution in [1.29, 1.82) is 0 Å². The molecule has 0 aliphatic heterocycles. The SMILES string of the molecule is C=C1C=C(CCl)C=CC1OC. The van der Waals surface area contributed by atoms with E-state index < -0.39 is 0 Å². The zero-order chi connectivity index (χ0) is 8.27. The molecule has 0 aromatic rings. The van der Waals surface area contributed by atoms with Crippen molar-refractivity contribution in [2.45, 2.75) is 6.10 Å². The Balaban J connectivity index is 2.71.